The van der Waals surface area contributed by atoms with Crippen molar-refractivity contribution in [3.8, 4) is 5.88 Å². The number of amides is 1. The summed E-state index contributed by atoms with van der Waals surface area (Å²) in [7, 11) is 1.55. The average molecular weight is 262 g/mol. The molecule has 0 radical (unpaired) electrons. The zero-order chi connectivity index (χ0) is 13.1. The summed E-state index contributed by atoms with van der Waals surface area (Å²) in [4.78, 5) is 18.2. The van der Waals surface area contributed by atoms with Gasteiger partial charge in [-0.05, 0) is 26.0 Å². The van der Waals surface area contributed by atoms with Gasteiger partial charge in [-0.25, -0.2) is 4.98 Å². The largest absolute Gasteiger partial charge is 0.481 e. The molecule has 2 aromatic rings. The van der Waals surface area contributed by atoms with Gasteiger partial charge in [0.15, 0.2) is 0 Å². The number of nitrogens with zero attached hydrogens (tertiary/aromatic N) is 1. The molecular weight excluding hydrogens is 248 g/mol. The molecule has 94 valence electrons. The van der Waals surface area contributed by atoms with Gasteiger partial charge in [0.1, 0.15) is 0 Å². The highest BCUT2D eigenvalue weighted by Gasteiger charge is 2.12. The fourth-order valence-corrected chi connectivity index (χ4v) is 2.55. The van der Waals surface area contributed by atoms with Gasteiger partial charge in [-0.15, -0.1) is 11.3 Å². The second-order valence-corrected chi connectivity index (χ2v) is 5.33. The average Bonchev–Trinajstić information content (AvgIpc) is 2.69. The van der Waals surface area contributed by atoms with Crippen molar-refractivity contribution >= 4 is 22.9 Å². The second-order valence-electron chi connectivity index (χ2n) is 3.87. The molecule has 0 aromatic carbocycles. The van der Waals surface area contributed by atoms with Crippen LogP contribution in [0.1, 0.15) is 20.1 Å². The maximum absolute atomic E-state index is 12.0. The molecule has 0 spiro atoms. The number of methoxy groups -OCH3 is 1. The highest BCUT2D eigenvalue weighted by Crippen LogP contribution is 2.21. The first kappa shape index (κ1) is 12.6. The summed E-state index contributed by atoms with van der Waals surface area (Å²) in [5.41, 5.74) is 1.37. The molecule has 2 aromatic heterocycles. The number of aromatic nitrogens is 1. The smallest absolute Gasteiger partial charge is 0.256 e. The Kier molecular flexibility index (Phi) is 3.62. The first-order valence-electron chi connectivity index (χ1n) is 5.48. The lowest BCUT2D eigenvalue weighted by molar-refractivity contribution is 0.102. The molecule has 0 aliphatic heterocycles. The van der Waals surface area contributed by atoms with E-state index in [9.17, 15) is 4.79 Å². The third kappa shape index (κ3) is 2.68. The summed E-state index contributed by atoms with van der Waals surface area (Å²) in [6, 6.07) is 5.37. The predicted octanol–water partition coefficient (Wildman–Crippen LogP) is 3.02. The Morgan fingerprint density at radius 1 is 1.39 bits per heavy atom. The van der Waals surface area contributed by atoms with E-state index in [4.69, 9.17) is 4.74 Å². The third-order valence-corrected chi connectivity index (χ3v) is 3.45. The van der Waals surface area contributed by atoms with E-state index in [-0.39, 0.29) is 5.91 Å². The van der Waals surface area contributed by atoms with Crippen LogP contribution in [0.4, 0.5) is 5.69 Å². The molecular formula is C13H14N2O2S. The van der Waals surface area contributed by atoms with Gasteiger partial charge in [0.25, 0.3) is 5.91 Å². The van der Waals surface area contributed by atoms with Crippen molar-refractivity contribution in [1.29, 1.82) is 0 Å². The number of carbonyl (C=O) groups is 1. The number of aryl methyl sites for hydroxylation is 2. The van der Waals surface area contributed by atoms with Crippen LogP contribution >= 0.6 is 11.3 Å². The van der Waals surface area contributed by atoms with Crippen LogP contribution < -0.4 is 10.1 Å². The zero-order valence-corrected chi connectivity index (χ0v) is 11.3. The number of ether oxygens (including phenoxy) is 1. The predicted molar refractivity (Wildman–Crippen MR) is 72.5 cm³/mol. The highest BCUT2D eigenvalue weighted by molar-refractivity contribution is 7.12. The Labute approximate surface area is 110 Å². The summed E-state index contributed by atoms with van der Waals surface area (Å²) in [5, 5.41) is 2.81. The van der Waals surface area contributed by atoms with E-state index in [1.165, 1.54) is 0 Å². The van der Waals surface area contributed by atoms with Gasteiger partial charge < -0.3 is 10.1 Å². The Balaban J connectivity index is 2.13. The van der Waals surface area contributed by atoms with Crippen LogP contribution in [0.3, 0.4) is 0 Å². The molecule has 0 saturated carbocycles. The summed E-state index contributed by atoms with van der Waals surface area (Å²) in [6.45, 7) is 3.93. The van der Waals surface area contributed by atoms with E-state index >= 15 is 0 Å². The number of carbonyl (C=O) groups excluding carboxylic acids is 1. The van der Waals surface area contributed by atoms with Crippen LogP contribution in [0.2, 0.25) is 0 Å². The molecule has 0 aliphatic carbocycles. The summed E-state index contributed by atoms with van der Waals surface area (Å²) in [6.07, 6.45) is 1.57. The SMILES string of the molecule is COc1ccc(NC(=O)c2cc(C)sc2C)cn1. The first-order valence-corrected chi connectivity index (χ1v) is 6.30. The number of rotatable bonds is 3. The van der Waals surface area contributed by atoms with Crippen LogP contribution in [0, 0.1) is 13.8 Å². The first-order chi connectivity index (χ1) is 8.60. The molecule has 0 unspecified atom stereocenters. The lowest BCUT2D eigenvalue weighted by Gasteiger charge is -2.05. The Bertz CT molecular complexity index is 561. The minimum absolute atomic E-state index is 0.108. The minimum Gasteiger partial charge on any atom is -0.481 e. The van der Waals surface area contributed by atoms with Crippen LogP contribution in [0.15, 0.2) is 24.4 Å². The molecule has 2 heterocycles. The molecule has 4 nitrogen and oxygen atoms in total. The van der Waals surface area contributed by atoms with Crippen molar-refractivity contribution in [1.82, 2.24) is 4.98 Å². The fraction of sp³-hybridized carbons (Fsp3) is 0.231. The number of hydrogen-bond donors (Lipinski definition) is 1. The van der Waals surface area contributed by atoms with E-state index in [1.54, 1.807) is 36.8 Å². The summed E-state index contributed by atoms with van der Waals surface area (Å²) in [5.74, 6) is 0.416. The van der Waals surface area contributed by atoms with E-state index in [0.717, 1.165) is 9.75 Å². The molecule has 0 aliphatic rings. The van der Waals surface area contributed by atoms with Crippen LogP contribution in [-0.2, 0) is 0 Å². The number of hydrogen-bond acceptors (Lipinski definition) is 4. The topological polar surface area (TPSA) is 51.2 Å². The molecule has 1 amide bonds. The van der Waals surface area contributed by atoms with Crippen molar-refractivity contribution in [2.45, 2.75) is 13.8 Å². The quantitative estimate of drug-likeness (QED) is 0.925. The van der Waals surface area contributed by atoms with Crippen LogP contribution in [-0.4, -0.2) is 18.0 Å². The van der Waals surface area contributed by atoms with Crippen molar-refractivity contribution in [2.75, 3.05) is 12.4 Å². The monoisotopic (exact) mass is 262 g/mol. The molecule has 0 fully saturated rings. The summed E-state index contributed by atoms with van der Waals surface area (Å²) >= 11 is 1.62. The number of anilines is 1. The number of nitrogens with one attached hydrogen (secondary N) is 1. The van der Waals surface area contributed by atoms with Gasteiger partial charge in [-0.3, -0.25) is 4.79 Å². The molecule has 5 heteroatoms. The van der Waals surface area contributed by atoms with Gasteiger partial charge in [0, 0.05) is 15.8 Å². The van der Waals surface area contributed by atoms with Gasteiger partial charge in [-0.2, -0.15) is 0 Å². The maximum atomic E-state index is 12.0. The van der Waals surface area contributed by atoms with Gasteiger partial charge in [-0.1, -0.05) is 0 Å². The van der Waals surface area contributed by atoms with Gasteiger partial charge in [0.05, 0.1) is 24.6 Å². The minimum atomic E-state index is -0.108. The zero-order valence-electron chi connectivity index (χ0n) is 10.5. The van der Waals surface area contributed by atoms with Crippen LogP contribution in [0.5, 0.6) is 5.88 Å². The summed E-state index contributed by atoms with van der Waals surface area (Å²) < 4.78 is 4.96. The molecule has 18 heavy (non-hydrogen) atoms. The van der Waals surface area contributed by atoms with Gasteiger partial charge in [0.2, 0.25) is 5.88 Å². The molecule has 2 rings (SSSR count). The molecule has 0 bridgehead atoms. The standard InChI is InChI=1S/C13H14N2O2S/c1-8-6-11(9(2)18-8)13(16)15-10-4-5-12(17-3)14-7-10/h4-7H,1-3H3,(H,15,16). The van der Waals surface area contributed by atoms with E-state index < -0.39 is 0 Å². The maximum Gasteiger partial charge on any atom is 0.256 e. The van der Waals surface area contributed by atoms with Crippen molar-refractivity contribution in [2.24, 2.45) is 0 Å². The number of pyridine rings is 1. The lowest BCUT2D eigenvalue weighted by atomic mass is 10.2. The van der Waals surface area contributed by atoms with E-state index in [1.807, 2.05) is 19.9 Å². The van der Waals surface area contributed by atoms with E-state index in [2.05, 4.69) is 10.3 Å². The van der Waals surface area contributed by atoms with Gasteiger partial charge >= 0.3 is 0 Å². The second kappa shape index (κ2) is 5.18. The van der Waals surface area contributed by atoms with Crippen molar-refractivity contribution in [3.05, 3.63) is 39.7 Å². The van der Waals surface area contributed by atoms with E-state index in [0.29, 0.717) is 17.1 Å². The fourth-order valence-electron chi connectivity index (χ4n) is 1.63. The molecule has 1 N–H and O–H groups in total. The Morgan fingerprint density at radius 3 is 2.67 bits per heavy atom. The highest BCUT2D eigenvalue weighted by atomic mass is 32.1. The van der Waals surface area contributed by atoms with Crippen LogP contribution in [0.25, 0.3) is 0 Å². The van der Waals surface area contributed by atoms with Crippen molar-refractivity contribution < 1.29 is 9.53 Å². The molecule has 0 atom stereocenters. The Morgan fingerprint density at radius 2 is 2.17 bits per heavy atom. The Hall–Kier alpha value is -1.88. The molecule has 0 saturated heterocycles. The lowest BCUT2D eigenvalue weighted by Crippen LogP contribution is -2.12. The third-order valence-electron chi connectivity index (χ3n) is 2.49. The van der Waals surface area contributed by atoms with Crippen molar-refractivity contribution in [3.63, 3.8) is 0 Å². The number of thiophene rings is 1. The normalized spacial score (nSPS) is 10.2.